The summed E-state index contributed by atoms with van der Waals surface area (Å²) in [4.78, 5) is 17.2. The minimum absolute atomic E-state index is 0.366. The molecule has 0 N–H and O–H groups in total. The number of fused-ring (bicyclic) bond motifs is 1. The van der Waals surface area contributed by atoms with Gasteiger partial charge in [-0.25, -0.2) is 4.79 Å². The molecular formula is C21H19NO2. The molecule has 0 spiro atoms. The fraction of sp³-hybridized carbons (Fsp3) is 0.143. The first-order valence-corrected chi connectivity index (χ1v) is 7.81. The van der Waals surface area contributed by atoms with Crippen molar-refractivity contribution in [2.45, 2.75) is 13.3 Å². The van der Waals surface area contributed by atoms with E-state index in [-0.39, 0.29) is 5.97 Å². The summed E-state index contributed by atoms with van der Waals surface area (Å²) in [5.74, 6) is -0.366. The first-order chi connectivity index (χ1) is 11.6. The van der Waals surface area contributed by atoms with E-state index in [4.69, 9.17) is 9.72 Å². The molecule has 0 bridgehead atoms. The average molecular weight is 317 g/mol. The normalized spacial score (nSPS) is 10.6. The van der Waals surface area contributed by atoms with Crippen molar-refractivity contribution >= 4 is 16.7 Å². The van der Waals surface area contributed by atoms with Crippen molar-refractivity contribution in [2.75, 3.05) is 7.11 Å². The lowest BCUT2D eigenvalue weighted by molar-refractivity contribution is 0.0601. The van der Waals surface area contributed by atoms with E-state index in [9.17, 15) is 4.79 Å². The fourth-order valence-electron chi connectivity index (χ4n) is 2.87. The maximum Gasteiger partial charge on any atom is 0.340 e. The van der Waals surface area contributed by atoms with Crippen LogP contribution in [0.4, 0.5) is 0 Å². The molecule has 0 unspecified atom stereocenters. The molecule has 24 heavy (non-hydrogen) atoms. The minimum Gasteiger partial charge on any atom is -0.465 e. The number of esters is 1. The minimum atomic E-state index is -0.366. The Balaban J connectivity index is 2.38. The summed E-state index contributed by atoms with van der Waals surface area (Å²) in [6, 6.07) is 17.8. The Morgan fingerprint density at radius 1 is 1.04 bits per heavy atom. The van der Waals surface area contributed by atoms with Crippen LogP contribution in [0.15, 0.2) is 66.7 Å². The molecule has 1 aromatic heterocycles. The van der Waals surface area contributed by atoms with Crippen LogP contribution in [-0.2, 0) is 11.2 Å². The SMILES string of the molecule is C=C(C)Cc1nc(-c2ccccc2)c2ccccc2c1C(=O)OC. The molecule has 0 amide bonds. The van der Waals surface area contributed by atoms with Crippen molar-refractivity contribution < 1.29 is 9.53 Å². The molecule has 0 atom stereocenters. The summed E-state index contributed by atoms with van der Waals surface area (Å²) in [6.07, 6.45) is 0.537. The summed E-state index contributed by atoms with van der Waals surface area (Å²) < 4.78 is 5.00. The number of aromatic nitrogens is 1. The summed E-state index contributed by atoms with van der Waals surface area (Å²) in [7, 11) is 1.40. The number of methoxy groups -OCH3 is 1. The second-order valence-electron chi connectivity index (χ2n) is 5.82. The van der Waals surface area contributed by atoms with E-state index in [0.717, 1.165) is 27.6 Å². The van der Waals surface area contributed by atoms with Gasteiger partial charge in [0.25, 0.3) is 0 Å². The number of carbonyl (C=O) groups excluding carboxylic acids is 1. The topological polar surface area (TPSA) is 39.2 Å². The van der Waals surface area contributed by atoms with Gasteiger partial charge in [0.1, 0.15) is 0 Å². The third kappa shape index (κ3) is 2.93. The van der Waals surface area contributed by atoms with Crippen LogP contribution < -0.4 is 0 Å². The van der Waals surface area contributed by atoms with Gasteiger partial charge in [0.2, 0.25) is 0 Å². The number of rotatable bonds is 4. The Kier molecular flexibility index (Phi) is 4.43. The van der Waals surface area contributed by atoms with Crippen LogP contribution in [0.25, 0.3) is 22.0 Å². The molecule has 0 fully saturated rings. The summed E-state index contributed by atoms with van der Waals surface area (Å²) in [6.45, 7) is 5.90. The van der Waals surface area contributed by atoms with Crippen molar-refractivity contribution in [1.82, 2.24) is 4.98 Å². The number of nitrogens with zero attached hydrogens (tertiary/aromatic N) is 1. The second-order valence-corrected chi connectivity index (χ2v) is 5.82. The lowest BCUT2D eigenvalue weighted by atomic mass is 9.96. The molecule has 0 saturated heterocycles. The third-order valence-electron chi connectivity index (χ3n) is 3.89. The predicted octanol–water partition coefficient (Wildman–Crippen LogP) is 4.81. The second kappa shape index (κ2) is 6.67. The Morgan fingerprint density at radius 2 is 1.67 bits per heavy atom. The van der Waals surface area contributed by atoms with Crippen LogP contribution in [0.2, 0.25) is 0 Å². The van der Waals surface area contributed by atoms with Crippen molar-refractivity contribution in [3.05, 3.63) is 78.0 Å². The van der Waals surface area contributed by atoms with E-state index in [0.29, 0.717) is 17.7 Å². The van der Waals surface area contributed by atoms with Gasteiger partial charge in [-0.1, -0.05) is 66.7 Å². The highest BCUT2D eigenvalue weighted by atomic mass is 16.5. The lowest BCUT2D eigenvalue weighted by Gasteiger charge is -2.15. The molecule has 3 aromatic rings. The van der Waals surface area contributed by atoms with Gasteiger partial charge >= 0.3 is 5.97 Å². The maximum atomic E-state index is 12.4. The largest absolute Gasteiger partial charge is 0.465 e. The number of allylic oxidation sites excluding steroid dienone is 1. The number of pyridine rings is 1. The predicted molar refractivity (Wildman–Crippen MR) is 97.0 cm³/mol. The Bertz CT molecular complexity index is 914. The summed E-state index contributed by atoms with van der Waals surface area (Å²) in [5.41, 5.74) is 4.06. The number of benzene rings is 2. The van der Waals surface area contributed by atoms with Gasteiger partial charge in [0, 0.05) is 22.8 Å². The highest BCUT2D eigenvalue weighted by Crippen LogP contribution is 2.31. The first-order valence-electron chi connectivity index (χ1n) is 7.81. The van der Waals surface area contributed by atoms with Crippen LogP contribution in [0.1, 0.15) is 23.0 Å². The van der Waals surface area contributed by atoms with Crippen molar-refractivity contribution in [2.24, 2.45) is 0 Å². The molecule has 3 rings (SSSR count). The van der Waals surface area contributed by atoms with Crippen LogP contribution >= 0.6 is 0 Å². The smallest absolute Gasteiger partial charge is 0.340 e. The van der Waals surface area contributed by atoms with Gasteiger partial charge in [0.05, 0.1) is 24.1 Å². The molecule has 0 saturated carbocycles. The zero-order valence-corrected chi connectivity index (χ0v) is 13.9. The van der Waals surface area contributed by atoms with E-state index in [1.54, 1.807) is 0 Å². The van der Waals surface area contributed by atoms with Gasteiger partial charge in [-0.2, -0.15) is 0 Å². The zero-order chi connectivity index (χ0) is 17.1. The van der Waals surface area contributed by atoms with Gasteiger partial charge in [0.15, 0.2) is 0 Å². The van der Waals surface area contributed by atoms with Gasteiger partial charge in [-0.3, -0.25) is 4.98 Å². The molecule has 0 aliphatic rings. The summed E-state index contributed by atoms with van der Waals surface area (Å²) >= 11 is 0. The monoisotopic (exact) mass is 317 g/mol. The highest BCUT2D eigenvalue weighted by Gasteiger charge is 2.20. The van der Waals surface area contributed by atoms with Crippen molar-refractivity contribution in [1.29, 1.82) is 0 Å². The van der Waals surface area contributed by atoms with E-state index in [1.165, 1.54) is 7.11 Å². The Morgan fingerprint density at radius 3 is 2.29 bits per heavy atom. The number of hydrogen-bond acceptors (Lipinski definition) is 3. The van der Waals surface area contributed by atoms with E-state index in [2.05, 4.69) is 6.58 Å². The number of carbonyl (C=O) groups is 1. The van der Waals surface area contributed by atoms with E-state index >= 15 is 0 Å². The fourth-order valence-corrected chi connectivity index (χ4v) is 2.87. The van der Waals surface area contributed by atoms with E-state index < -0.39 is 0 Å². The quantitative estimate of drug-likeness (QED) is 0.512. The summed E-state index contributed by atoms with van der Waals surface area (Å²) in [5, 5.41) is 1.80. The van der Waals surface area contributed by atoms with Crippen molar-refractivity contribution in [3.8, 4) is 11.3 Å². The van der Waals surface area contributed by atoms with Crippen molar-refractivity contribution in [3.63, 3.8) is 0 Å². The molecule has 0 aliphatic carbocycles. The first kappa shape index (κ1) is 15.9. The Hall–Kier alpha value is -2.94. The average Bonchev–Trinajstić information content (AvgIpc) is 2.60. The molecule has 3 heteroatoms. The van der Waals surface area contributed by atoms with Gasteiger partial charge in [-0.05, 0) is 6.92 Å². The Labute approximate surface area is 141 Å². The van der Waals surface area contributed by atoms with Gasteiger partial charge in [-0.15, -0.1) is 0 Å². The zero-order valence-electron chi connectivity index (χ0n) is 13.9. The molecular weight excluding hydrogens is 298 g/mol. The highest BCUT2D eigenvalue weighted by molar-refractivity contribution is 6.09. The molecule has 1 heterocycles. The lowest BCUT2D eigenvalue weighted by Crippen LogP contribution is -2.10. The van der Waals surface area contributed by atoms with Crippen LogP contribution in [0.5, 0.6) is 0 Å². The molecule has 0 aliphatic heterocycles. The maximum absolute atomic E-state index is 12.4. The standard InChI is InChI=1S/C21H19NO2/c1-14(2)13-18-19(21(23)24-3)16-11-7-8-12-17(16)20(22-18)15-9-5-4-6-10-15/h4-12H,1,13H2,2-3H3. The molecule has 120 valence electrons. The van der Waals surface area contributed by atoms with Crippen LogP contribution in [0, 0.1) is 0 Å². The van der Waals surface area contributed by atoms with Gasteiger partial charge < -0.3 is 4.74 Å². The number of ether oxygens (including phenoxy) is 1. The third-order valence-corrected chi connectivity index (χ3v) is 3.89. The molecule has 2 aromatic carbocycles. The molecule has 0 radical (unpaired) electrons. The van der Waals surface area contributed by atoms with E-state index in [1.807, 2.05) is 61.5 Å². The number of hydrogen-bond donors (Lipinski definition) is 0. The molecule has 3 nitrogen and oxygen atoms in total. The van der Waals surface area contributed by atoms with Crippen LogP contribution in [0.3, 0.4) is 0 Å². The van der Waals surface area contributed by atoms with Crippen LogP contribution in [-0.4, -0.2) is 18.1 Å².